The Labute approximate surface area is 415 Å². The lowest BCUT2D eigenvalue weighted by Crippen LogP contribution is -2.53. The number of rotatable bonds is 15. The van der Waals surface area contributed by atoms with Crippen LogP contribution in [0.3, 0.4) is 0 Å². The molecule has 0 bridgehead atoms. The van der Waals surface area contributed by atoms with E-state index >= 15 is 0 Å². The second kappa shape index (κ2) is 22.9. The summed E-state index contributed by atoms with van der Waals surface area (Å²) in [6.07, 6.45) is 15.7. The maximum absolute atomic E-state index is 13.5. The zero-order valence-corrected chi connectivity index (χ0v) is 41.3. The third-order valence-electron chi connectivity index (χ3n) is 14.2. The lowest BCUT2D eigenvalue weighted by molar-refractivity contribution is -0.126. The van der Waals surface area contributed by atoms with Gasteiger partial charge in [0.1, 0.15) is 11.6 Å². The fraction of sp³-hybridized carbons (Fsp3) is 0.491. The van der Waals surface area contributed by atoms with Gasteiger partial charge in [-0.15, -0.1) is 0 Å². The van der Waals surface area contributed by atoms with Gasteiger partial charge >= 0.3 is 6.09 Å². The quantitative estimate of drug-likeness (QED) is 0.0672. The van der Waals surface area contributed by atoms with Gasteiger partial charge in [0.05, 0.1) is 6.04 Å². The van der Waals surface area contributed by atoms with Crippen LogP contribution in [0, 0.1) is 23.7 Å². The van der Waals surface area contributed by atoms with E-state index in [0.29, 0.717) is 49.5 Å². The molecule has 2 aromatic heterocycles. The molecule has 0 radical (unpaired) electrons. The summed E-state index contributed by atoms with van der Waals surface area (Å²) in [7, 11) is 0. The minimum Gasteiger partial charge on any atom is -0.444 e. The first-order valence-electron chi connectivity index (χ1n) is 24.3. The Morgan fingerprint density at radius 2 is 1.00 bits per heavy atom. The molecule has 2 heterocycles. The number of nitrogens with two attached hydrogens (primary N) is 1. The van der Waals surface area contributed by atoms with Gasteiger partial charge in [0.2, 0.25) is 23.6 Å². The van der Waals surface area contributed by atoms with Crippen LogP contribution < -0.4 is 32.3 Å². The van der Waals surface area contributed by atoms with Crippen LogP contribution in [0.1, 0.15) is 109 Å². The Hall–Kier alpha value is -5.57. The minimum absolute atomic E-state index is 0.0165. The molecule has 2 aromatic carbocycles. The average molecular weight is 982 g/mol. The fourth-order valence-corrected chi connectivity index (χ4v) is 9.90. The van der Waals surface area contributed by atoms with E-state index < -0.39 is 23.8 Å². The predicted molar refractivity (Wildman–Crippen MR) is 269 cm³/mol. The zero-order chi connectivity index (χ0) is 49.2. The average Bonchev–Trinajstić information content (AvgIpc) is 4.30. The van der Waals surface area contributed by atoms with E-state index in [4.69, 9.17) is 33.7 Å². The van der Waals surface area contributed by atoms with Crippen LogP contribution in [0.4, 0.5) is 16.2 Å². The molecule has 4 fully saturated rings. The first kappa shape index (κ1) is 51.3. The highest BCUT2D eigenvalue weighted by molar-refractivity contribution is 6.30. The third-order valence-corrected chi connectivity index (χ3v) is 14.7. The van der Waals surface area contributed by atoms with Gasteiger partial charge in [0.15, 0.2) is 0 Å². The highest BCUT2D eigenvalue weighted by Crippen LogP contribution is 2.49. The molecule has 0 aliphatic heterocycles. The van der Waals surface area contributed by atoms with Gasteiger partial charge < -0.3 is 37.1 Å². The van der Waals surface area contributed by atoms with Gasteiger partial charge in [-0.3, -0.25) is 29.1 Å². The number of pyridine rings is 2. The molecule has 4 aliphatic rings. The molecule has 0 spiro atoms. The van der Waals surface area contributed by atoms with Crippen LogP contribution in [0.5, 0.6) is 0 Å². The Bertz CT molecular complexity index is 2360. The van der Waals surface area contributed by atoms with Crippen molar-refractivity contribution in [1.29, 1.82) is 0 Å². The molecule has 368 valence electrons. The molecule has 16 heteroatoms. The summed E-state index contributed by atoms with van der Waals surface area (Å²) in [4.78, 5) is 72.1. The fourth-order valence-electron chi connectivity index (χ4n) is 9.64. The summed E-state index contributed by atoms with van der Waals surface area (Å²) in [6, 6.07) is 21.4. The number of hydrogen-bond donors (Lipinski definition) is 6. The van der Waals surface area contributed by atoms with Crippen molar-refractivity contribution in [3.05, 3.63) is 119 Å². The first-order chi connectivity index (χ1) is 33.0. The zero-order valence-electron chi connectivity index (χ0n) is 39.8. The summed E-state index contributed by atoms with van der Waals surface area (Å²) >= 11 is 12.0. The minimum atomic E-state index is -0.741. The highest BCUT2D eigenvalue weighted by Gasteiger charge is 2.46. The van der Waals surface area contributed by atoms with Crippen LogP contribution in [0.15, 0.2) is 97.6 Å². The molecule has 4 aliphatic carbocycles. The summed E-state index contributed by atoms with van der Waals surface area (Å²) in [5.41, 5.74) is 9.38. The van der Waals surface area contributed by atoms with E-state index in [0.717, 1.165) is 67.6 Å². The number of carbonyl (C=O) groups excluding carboxylic acids is 5. The molecule has 4 aromatic rings. The van der Waals surface area contributed by atoms with Crippen molar-refractivity contribution in [1.82, 2.24) is 25.9 Å². The summed E-state index contributed by atoms with van der Waals surface area (Å²) in [6.45, 7) is 6.46. The lowest BCUT2D eigenvalue weighted by Gasteiger charge is -2.34. The van der Waals surface area contributed by atoms with Crippen molar-refractivity contribution in [3.63, 3.8) is 0 Å². The largest absolute Gasteiger partial charge is 0.444 e. The number of ether oxygens (including phenoxy) is 1. The van der Waals surface area contributed by atoms with Crippen molar-refractivity contribution in [2.24, 2.45) is 29.4 Å². The third kappa shape index (κ3) is 14.5. The van der Waals surface area contributed by atoms with Crippen molar-refractivity contribution in [3.8, 4) is 0 Å². The normalized spacial score (nSPS) is 21.9. The highest BCUT2D eigenvalue weighted by atomic mass is 35.5. The number of amides is 5. The van der Waals surface area contributed by atoms with Gasteiger partial charge in [0, 0.05) is 82.0 Å². The van der Waals surface area contributed by atoms with Crippen LogP contribution in [-0.4, -0.2) is 70.5 Å². The molecule has 2 atom stereocenters. The molecule has 4 saturated carbocycles. The van der Waals surface area contributed by atoms with Crippen LogP contribution in [0.25, 0.3) is 0 Å². The molecule has 5 amide bonds. The second-order valence-corrected chi connectivity index (χ2v) is 21.2. The molecular weight excluding hydrogens is 916 g/mol. The number of nitrogens with one attached hydrogen (secondary N) is 5. The number of halogens is 2. The number of carbonyl (C=O) groups is 5. The van der Waals surface area contributed by atoms with E-state index in [1.165, 1.54) is 5.56 Å². The summed E-state index contributed by atoms with van der Waals surface area (Å²) < 4.78 is 5.46. The number of benzene rings is 2. The van der Waals surface area contributed by atoms with E-state index in [9.17, 15) is 24.0 Å². The number of alkyl carbamates (subject to hydrolysis) is 1. The van der Waals surface area contributed by atoms with Gasteiger partial charge in [-0.05, 0) is 169 Å². The van der Waals surface area contributed by atoms with Crippen molar-refractivity contribution < 1.29 is 28.7 Å². The van der Waals surface area contributed by atoms with Gasteiger partial charge in [-0.25, -0.2) is 4.79 Å². The Balaban J connectivity index is 0.000000208. The smallest absolute Gasteiger partial charge is 0.408 e. The van der Waals surface area contributed by atoms with E-state index in [1.54, 1.807) is 69.8 Å². The Kier molecular flexibility index (Phi) is 17.0. The van der Waals surface area contributed by atoms with E-state index in [-0.39, 0.29) is 58.1 Å². The number of hydrogen-bond acceptors (Lipinski definition) is 9. The molecule has 8 rings (SSSR count). The van der Waals surface area contributed by atoms with Gasteiger partial charge in [-0.1, -0.05) is 47.5 Å². The Morgan fingerprint density at radius 1 is 0.609 bits per heavy atom. The van der Waals surface area contributed by atoms with Crippen molar-refractivity contribution in [2.75, 3.05) is 23.7 Å². The monoisotopic (exact) mass is 980 g/mol. The molecule has 2 unspecified atom stereocenters. The van der Waals surface area contributed by atoms with Crippen molar-refractivity contribution >= 4 is 64.3 Å². The van der Waals surface area contributed by atoms with Crippen LogP contribution >= 0.6 is 23.2 Å². The lowest BCUT2D eigenvalue weighted by atomic mass is 9.77. The topological polar surface area (TPSA) is 207 Å². The van der Waals surface area contributed by atoms with Gasteiger partial charge in [0.25, 0.3) is 0 Å². The second-order valence-electron chi connectivity index (χ2n) is 20.3. The van der Waals surface area contributed by atoms with Crippen LogP contribution in [0.2, 0.25) is 10.0 Å². The maximum atomic E-state index is 13.5. The number of anilines is 2. The van der Waals surface area contributed by atoms with E-state index in [2.05, 4.69) is 36.6 Å². The van der Waals surface area contributed by atoms with Crippen LogP contribution in [-0.2, 0) is 34.7 Å². The molecule has 7 N–H and O–H groups in total. The Morgan fingerprint density at radius 3 is 1.39 bits per heavy atom. The van der Waals surface area contributed by atoms with Gasteiger partial charge in [-0.2, -0.15) is 0 Å². The standard InChI is InChI=1S/C29H37ClN4O4.C24H29ClN4O2/c1-28(2,3)38-27(37)34-24(26(36)32-18-29(14-15-29)21-8-10-22(30)11-9-21)19-4-6-20(7-5-19)25(35)33-23-12-16-31-17-13-23;25-19-7-5-18(6-8-19)24(11-12-24)15-28-23(31)21(26)16-1-3-17(4-2-16)22(30)29-20-9-13-27-14-10-20/h8-13,16-17,19-20,24H,4-7,14-15,18H2,1-3H3,(H,32,36)(H,34,37)(H,31,33,35);5-10,13-14,16-17,21H,1-4,11-12,15,26H2,(H,28,31)(H,27,29,30). The molecule has 69 heavy (non-hydrogen) atoms. The summed E-state index contributed by atoms with van der Waals surface area (Å²) in [5, 5.41) is 16.3. The predicted octanol–water partition coefficient (Wildman–Crippen LogP) is 8.88. The summed E-state index contributed by atoms with van der Waals surface area (Å²) in [5.74, 6) is -0.501. The molecular formula is C53H66Cl2N8O6. The molecule has 14 nitrogen and oxygen atoms in total. The van der Waals surface area contributed by atoms with Crippen molar-refractivity contribution in [2.45, 2.75) is 126 Å². The number of aromatic nitrogens is 2. The molecule has 0 saturated heterocycles. The maximum Gasteiger partial charge on any atom is 0.408 e. The number of nitrogens with zero attached hydrogens (tertiary/aromatic N) is 2. The SMILES string of the molecule is CC(C)(C)OC(=O)NC(C(=O)NCC1(c2ccc(Cl)cc2)CC1)C1CCC(C(=O)Nc2ccncc2)CC1.NC(C(=O)NCC1(c2ccc(Cl)cc2)CC1)C1CCC(C(=O)Nc2ccncc2)CC1. The first-order valence-corrected chi connectivity index (χ1v) is 25.0. The van der Waals surface area contributed by atoms with E-state index in [1.807, 2.05) is 48.5 Å².